The van der Waals surface area contributed by atoms with Crippen molar-refractivity contribution in [3.63, 3.8) is 0 Å². The lowest BCUT2D eigenvalue weighted by Crippen LogP contribution is -2.00. The third-order valence-corrected chi connectivity index (χ3v) is 12.9. The average molecular weight is 750 g/mol. The second-order valence-electron chi connectivity index (χ2n) is 14.0. The van der Waals surface area contributed by atoms with E-state index in [1.54, 1.807) is 0 Å². The minimum atomic E-state index is 0.664. The van der Waals surface area contributed by atoms with Crippen LogP contribution < -0.4 is 0 Å². The van der Waals surface area contributed by atoms with Gasteiger partial charge in [-0.1, -0.05) is 158 Å². The molecule has 0 saturated carbocycles. The van der Waals surface area contributed by atoms with E-state index >= 15 is 0 Å². The van der Waals surface area contributed by atoms with Crippen LogP contribution in [0.1, 0.15) is 0 Å². The predicted molar refractivity (Wildman–Crippen MR) is 238 cm³/mol. The molecule has 0 amide bonds. The Kier molecular flexibility index (Phi) is 7.87. The number of hydrogen-bond acceptors (Lipinski definition) is 5. The highest BCUT2D eigenvalue weighted by molar-refractivity contribution is 7.26. The number of benzene rings is 8. The summed E-state index contributed by atoms with van der Waals surface area (Å²) in [6, 6.07) is 66.9. The summed E-state index contributed by atoms with van der Waals surface area (Å²) in [5.74, 6) is 2.00. The van der Waals surface area contributed by atoms with E-state index in [2.05, 4.69) is 152 Å². The molecule has 0 aliphatic rings. The van der Waals surface area contributed by atoms with Crippen molar-refractivity contribution in [3.8, 4) is 67.5 Å². The molecule has 0 aliphatic carbocycles. The quantitative estimate of drug-likeness (QED) is 0.170. The molecule has 8 aromatic carbocycles. The molecule has 11 rings (SSSR count). The molecule has 5 heteroatoms. The zero-order valence-electron chi connectivity index (χ0n) is 30.1. The van der Waals surface area contributed by atoms with Gasteiger partial charge in [0.2, 0.25) is 0 Å². The van der Waals surface area contributed by atoms with Crippen LogP contribution in [0.4, 0.5) is 0 Å². The third-order valence-electron chi connectivity index (χ3n) is 10.6. The molecule has 0 atom stereocenters. The number of fused-ring (bicyclic) bond motifs is 6. The van der Waals surface area contributed by atoms with Crippen molar-refractivity contribution < 1.29 is 0 Å². The smallest absolute Gasteiger partial charge is 0.164 e. The average Bonchev–Trinajstić information content (AvgIpc) is 3.85. The van der Waals surface area contributed by atoms with Crippen molar-refractivity contribution in [2.45, 2.75) is 0 Å². The molecule has 0 saturated heterocycles. The Morgan fingerprint density at radius 1 is 0.286 bits per heavy atom. The normalized spacial score (nSPS) is 11.6. The monoisotopic (exact) mass is 749 g/mol. The van der Waals surface area contributed by atoms with Crippen LogP contribution in [0.15, 0.2) is 188 Å². The Morgan fingerprint density at radius 2 is 0.857 bits per heavy atom. The largest absolute Gasteiger partial charge is 0.208 e. The summed E-state index contributed by atoms with van der Waals surface area (Å²) in [5, 5.41) is 5.00. The van der Waals surface area contributed by atoms with Crippen LogP contribution in [0.3, 0.4) is 0 Å². The van der Waals surface area contributed by atoms with E-state index in [0.717, 1.165) is 16.7 Å². The first-order chi connectivity index (χ1) is 27.7. The van der Waals surface area contributed by atoms with Crippen molar-refractivity contribution in [1.82, 2.24) is 15.0 Å². The Morgan fingerprint density at radius 3 is 1.57 bits per heavy atom. The number of thiophene rings is 2. The van der Waals surface area contributed by atoms with Crippen LogP contribution in [0.5, 0.6) is 0 Å². The highest BCUT2D eigenvalue weighted by Gasteiger charge is 2.18. The molecule has 0 aliphatic heterocycles. The van der Waals surface area contributed by atoms with Gasteiger partial charge in [0, 0.05) is 62.6 Å². The van der Waals surface area contributed by atoms with Crippen molar-refractivity contribution in [2.75, 3.05) is 0 Å². The molecule has 0 unspecified atom stereocenters. The molecule has 3 aromatic heterocycles. The van der Waals surface area contributed by atoms with Gasteiger partial charge in [-0.2, -0.15) is 0 Å². The molecule has 0 radical (unpaired) electrons. The lowest BCUT2D eigenvalue weighted by molar-refractivity contribution is 1.08. The number of rotatable bonds is 6. The van der Waals surface area contributed by atoms with Gasteiger partial charge >= 0.3 is 0 Å². The standard InChI is InChI=1S/C51H31N3S2/c1-4-13-32(14-5-1)38-29-42(48-43(30-38)39-19-10-11-21-44(39)56-48)34-25-23-33(24-26-34)37-27-28-40-46(31-37)55-45-22-12-20-41(47(40)45)51-53-49(35-15-6-2-7-16-35)52-50(54-51)36-17-8-3-9-18-36/h1-31H. The van der Waals surface area contributed by atoms with Crippen LogP contribution in [0.25, 0.3) is 108 Å². The Labute approximate surface area is 331 Å². The Balaban J connectivity index is 0.999. The first-order valence-corrected chi connectivity index (χ1v) is 20.3. The van der Waals surface area contributed by atoms with Crippen LogP contribution in [0, 0.1) is 0 Å². The number of hydrogen-bond donors (Lipinski definition) is 0. The van der Waals surface area contributed by atoms with Gasteiger partial charge < -0.3 is 0 Å². The van der Waals surface area contributed by atoms with Gasteiger partial charge in [-0.05, 0) is 58.1 Å². The van der Waals surface area contributed by atoms with Crippen molar-refractivity contribution in [3.05, 3.63) is 188 Å². The third kappa shape index (κ3) is 5.68. The summed E-state index contributed by atoms with van der Waals surface area (Å²) in [5.41, 5.74) is 10.3. The SMILES string of the molecule is c1ccc(-c2cc(-c3ccc(-c4ccc5c(c4)sc4cccc(-c6nc(-c7ccccc7)nc(-c7ccccc7)n6)c45)cc3)c3sc4ccccc4c3c2)cc1. The Bertz CT molecular complexity index is 3170. The molecular weight excluding hydrogens is 719 g/mol. The summed E-state index contributed by atoms with van der Waals surface area (Å²) in [6.45, 7) is 0. The molecule has 3 heterocycles. The zero-order valence-corrected chi connectivity index (χ0v) is 31.7. The van der Waals surface area contributed by atoms with E-state index < -0.39 is 0 Å². The van der Waals surface area contributed by atoms with Gasteiger partial charge in [0.1, 0.15) is 0 Å². The molecule has 262 valence electrons. The maximum Gasteiger partial charge on any atom is 0.164 e. The van der Waals surface area contributed by atoms with Crippen LogP contribution in [-0.4, -0.2) is 15.0 Å². The van der Waals surface area contributed by atoms with Gasteiger partial charge in [-0.3, -0.25) is 0 Å². The van der Waals surface area contributed by atoms with Crippen LogP contribution >= 0.6 is 22.7 Å². The van der Waals surface area contributed by atoms with E-state index in [9.17, 15) is 0 Å². The second-order valence-corrected chi connectivity index (χ2v) is 16.1. The van der Waals surface area contributed by atoms with Crippen LogP contribution in [0.2, 0.25) is 0 Å². The predicted octanol–water partition coefficient (Wildman–Crippen LogP) is 14.6. The minimum Gasteiger partial charge on any atom is -0.208 e. The van der Waals surface area contributed by atoms with Crippen molar-refractivity contribution >= 4 is 63.0 Å². The summed E-state index contributed by atoms with van der Waals surface area (Å²) in [7, 11) is 0. The molecular formula is C51H31N3S2. The van der Waals surface area contributed by atoms with Gasteiger partial charge in [-0.25, -0.2) is 15.0 Å². The first kappa shape index (κ1) is 32.6. The molecule has 0 fully saturated rings. The molecule has 0 N–H and O–H groups in total. The van der Waals surface area contributed by atoms with E-state index in [0.29, 0.717) is 17.5 Å². The van der Waals surface area contributed by atoms with Crippen molar-refractivity contribution in [2.24, 2.45) is 0 Å². The summed E-state index contributed by atoms with van der Waals surface area (Å²) < 4.78 is 5.08. The Hall–Kier alpha value is -6.79. The maximum absolute atomic E-state index is 5.07. The van der Waals surface area contributed by atoms with E-state index in [4.69, 9.17) is 15.0 Å². The summed E-state index contributed by atoms with van der Waals surface area (Å²) >= 11 is 3.69. The zero-order chi connectivity index (χ0) is 37.0. The molecule has 56 heavy (non-hydrogen) atoms. The number of nitrogens with zero attached hydrogens (tertiary/aromatic N) is 3. The van der Waals surface area contributed by atoms with Gasteiger partial charge in [-0.15, -0.1) is 22.7 Å². The van der Waals surface area contributed by atoms with Crippen LogP contribution in [-0.2, 0) is 0 Å². The van der Waals surface area contributed by atoms with Gasteiger partial charge in [0.15, 0.2) is 17.5 Å². The fraction of sp³-hybridized carbons (Fsp3) is 0. The molecule has 0 spiro atoms. The lowest BCUT2D eigenvalue weighted by Gasteiger charge is -2.10. The van der Waals surface area contributed by atoms with E-state index in [1.165, 1.54) is 73.7 Å². The highest BCUT2D eigenvalue weighted by Crippen LogP contribution is 2.44. The second kappa shape index (κ2) is 13.5. The fourth-order valence-corrected chi connectivity index (χ4v) is 10.2. The summed E-state index contributed by atoms with van der Waals surface area (Å²) in [6.07, 6.45) is 0. The minimum absolute atomic E-state index is 0.664. The number of aromatic nitrogens is 3. The molecule has 11 aromatic rings. The lowest BCUT2D eigenvalue weighted by atomic mass is 9.94. The fourth-order valence-electron chi connectivity index (χ4n) is 7.80. The molecule has 3 nitrogen and oxygen atoms in total. The first-order valence-electron chi connectivity index (χ1n) is 18.7. The van der Waals surface area contributed by atoms with Crippen molar-refractivity contribution in [1.29, 1.82) is 0 Å². The van der Waals surface area contributed by atoms with E-state index in [-0.39, 0.29) is 0 Å². The highest BCUT2D eigenvalue weighted by atomic mass is 32.1. The summed E-state index contributed by atoms with van der Waals surface area (Å²) in [4.78, 5) is 15.1. The van der Waals surface area contributed by atoms with Gasteiger partial charge in [0.25, 0.3) is 0 Å². The topological polar surface area (TPSA) is 38.7 Å². The maximum atomic E-state index is 5.07. The van der Waals surface area contributed by atoms with E-state index in [1.807, 2.05) is 59.1 Å². The van der Waals surface area contributed by atoms with Gasteiger partial charge in [0.05, 0.1) is 0 Å². The molecule has 0 bridgehead atoms.